The highest BCUT2D eigenvalue weighted by molar-refractivity contribution is 7.89. The summed E-state index contributed by atoms with van der Waals surface area (Å²) < 4.78 is 51.0. The van der Waals surface area contributed by atoms with Crippen LogP contribution in [0.1, 0.15) is 29.6 Å². The van der Waals surface area contributed by atoms with Crippen LogP contribution in [0.2, 0.25) is 0 Å². The Bertz CT molecular complexity index is 865. The van der Waals surface area contributed by atoms with Crippen LogP contribution in [0.15, 0.2) is 28.7 Å². The third kappa shape index (κ3) is 10.5. The molecule has 27 heavy (non-hydrogen) atoms. The smallest absolute Gasteiger partial charge is 0.261 e. The second-order valence-corrected chi connectivity index (χ2v) is 9.11. The van der Waals surface area contributed by atoms with Crippen LogP contribution < -0.4 is 16.0 Å². The highest BCUT2D eigenvalue weighted by atomic mass is 32.2. The lowest BCUT2D eigenvalue weighted by molar-refractivity contribution is 0.0976. The third-order valence-electron chi connectivity index (χ3n) is 3.36. The molecule has 0 radical (unpaired) electrons. The fourth-order valence-electron chi connectivity index (χ4n) is 2.37. The Labute approximate surface area is 159 Å². The number of sulfonamides is 1. The number of amides is 1. The van der Waals surface area contributed by atoms with Crippen LogP contribution in [0.5, 0.6) is 0 Å². The second-order valence-electron chi connectivity index (χ2n) is 5.99. The predicted octanol–water partition coefficient (Wildman–Crippen LogP) is 0.185. The first kappa shape index (κ1) is 22.9. The monoisotopic (exact) mass is 420 g/mol. The Morgan fingerprint density at radius 3 is 2.00 bits per heavy atom. The zero-order valence-electron chi connectivity index (χ0n) is 15.1. The molecule has 2 rings (SSSR count). The molecule has 10 nitrogen and oxygen atoms in total. The van der Waals surface area contributed by atoms with E-state index in [1.807, 2.05) is 12.1 Å². The zero-order valence-corrected chi connectivity index (χ0v) is 16.8. The number of carbonyl (C=O) groups excluding carboxylic acids is 1. The summed E-state index contributed by atoms with van der Waals surface area (Å²) in [5.74, 6) is -0.928. The lowest BCUT2D eigenvalue weighted by Gasteiger charge is -2.28. The Morgan fingerprint density at radius 1 is 1.07 bits per heavy atom. The maximum absolute atomic E-state index is 11.9. The van der Waals surface area contributed by atoms with Gasteiger partial charge in [0.25, 0.3) is 26.0 Å². The molecule has 152 valence electrons. The molecule has 0 bridgehead atoms. The van der Waals surface area contributed by atoms with Crippen molar-refractivity contribution < 1.29 is 26.2 Å². The number of nitrogens with two attached hydrogens (primary N) is 1. The number of hydrogen-bond donors (Lipinski definition) is 3. The van der Waals surface area contributed by atoms with Gasteiger partial charge in [0.15, 0.2) is 0 Å². The van der Waals surface area contributed by atoms with E-state index in [-0.39, 0.29) is 0 Å². The number of nitrogens with one attached hydrogen (secondary N) is 1. The fourth-order valence-corrected chi connectivity index (χ4v) is 2.77. The van der Waals surface area contributed by atoms with E-state index >= 15 is 0 Å². The van der Waals surface area contributed by atoms with Gasteiger partial charge in [-0.15, -0.1) is 4.40 Å². The molecule has 1 aromatic carbocycles. The van der Waals surface area contributed by atoms with Crippen molar-refractivity contribution in [3.05, 3.63) is 29.8 Å². The number of hydrogen-bond acceptors (Lipinski definition) is 6. The molecule has 1 heterocycles. The maximum Gasteiger partial charge on any atom is 0.261 e. The summed E-state index contributed by atoms with van der Waals surface area (Å²) in [5.41, 5.74) is 6.85. The Morgan fingerprint density at radius 2 is 1.56 bits per heavy atom. The number of piperidine rings is 1. The molecule has 1 amide bonds. The molecule has 1 aliphatic rings. The summed E-state index contributed by atoms with van der Waals surface area (Å²) in [6.07, 6.45) is 5.24. The van der Waals surface area contributed by atoms with Gasteiger partial charge in [-0.25, -0.2) is 8.42 Å². The zero-order chi connectivity index (χ0) is 20.7. The highest BCUT2D eigenvalue weighted by Crippen LogP contribution is 2.20. The van der Waals surface area contributed by atoms with Crippen molar-refractivity contribution in [1.82, 2.24) is 5.32 Å². The van der Waals surface area contributed by atoms with Crippen LogP contribution in [-0.2, 0) is 20.1 Å². The molecule has 1 aliphatic heterocycles. The number of guanidine groups is 1. The van der Waals surface area contributed by atoms with Crippen molar-refractivity contribution in [3.63, 3.8) is 0 Å². The second kappa shape index (κ2) is 9.67. The van der Waals surface area contributed by atoms with E-state index in [4.69, 9.17) is 10.3 Å². The average Bonchev–Trinajstić information content (AvgIpc) is 2.52. The quantitative estimate of drug-likeness (QED) is 0.355. The van der Waals surface area contributed by atoms with Crippen LogP contribution in [0, 0.1) is 0 Å². The van der Waals surface area contributed by atoms with E-state index in [1.165, 1.54) is 19.3 Å². The molecule has 12 heteroatoms. The van der Waals surface area contributed by atoms with Gasteiger partial charge in [-0.3, -0.25) is 14.7 Å². The SMILES string of the molecule is CS(=O)(=O)N=C(N)NC(=O)c1ccc(N2CCCCC2)cc1.CS(=O)(=O)O. The van der Waals surface area contributed by atoms with Crippen LogP contribution in [-0.4, -0.2) is 58.9 Å². The van der Waals surface area contributed by atoms with E-state index in [2.05, 4.69) is 14.6 Å². The van der Waals surface area contributed by atoms with Gasteiger partial charge in [0.2, 0.25) is 5.96 Å². The van der Waals surface area contributed by atoms with E-state index < -0.39 is 32.0 Å². The van der Waals surface area contributed by atoms with Gasteiger partial charge in [-0.1, -0.05) is 0 Å². The summed E-state index contributed by atoms with van der Waals surface area (Å²) in [6.45, 7) is 2.05. The van der Waals surface area contributed by atoms with E-state index in [1.54, 1.807) is 12.1 Å². The van der Waals surface area contributed by atoms with Crippen LogP contribution >= 0.6 is 0 Å². The normalized spacial score (nSPS) is 15.5. The topological polar surface area (TPSA) is 159 Å². The van der Waals surface area contributed by atoms with Gasteiger partial charge < -0.3 is 10.6 Å². The first-order valence-electron chi connectivity index (χ1n) is 7.99. The molecule has 1 saturated heterocycles. The fraction of sp³-hybridized carbons (Fsp3) is 0.467. The summed E-state index contributed by atoms with van der Waals surface area (Å²) in [4.78, 5) is 14.2. The van der Waals surface area contributed by atoms with E-state index in [0.717, 1.165) is 25.0 Å². The number of benzene rings is 1. The van der Waals surface area contributed by atoms with Gasteiger partial charge in [0, 0.05) is 24.3 Å². The van der Waals surface area contributed by atoms with Gasteiger partial charge in [-0.2, -0.15) is 8.42 Å². The lowest BCUT2D eigenvalue weighted by atomic mass is 10.1. The van der Waals surface area contributed by atoms with Crippen molar-refractivity contribution in [1.29, 1.82) is 0 Å². The molecular formula is C15H24N4O6S2. The summed E-state index contributed by atoms with van der Waals surface area (Å²) in [5, 5.41) is 2.25. The van der Waals surface area contributed by atoms with E-state index in [9.17, 15) is 21.6 Å². The highest BCUT2D eigenvalue weighted by Gasteiger charge is 2.12. The largest absolute Gasteiger partial charge is 0.372 e. The Kier molecular flexibility index (Phi) is 8.19. The van der Waals surface area contributed by atoms with Crippen molar-refractivity contribution in [2.24, 2.45) is 10.1 Å². The molecule has 0 atom stereocenters. The number of rotatable bonds is 3. The minimum Gasteiger partial charge on any atom is -0.372 e. The Balaban J connectivity index is 0.000000646. The van der Waals surface area contributed by atoms with E-state index in [0.29, 0.717) is 11.8 Å². The van der Waals surface area contributed by atoms with Crippen LogP contribution in [0.4, 0.5) is 5.69 Å². The minimum atomic E-state index is -3.67. The third-order valence-corrected chi connectivity index (χ3v) is 3.88. The predicted molar refractivity (Wildman–Crippen MR) is 104 cm³/mol. The standard InChI is InChI=1S/C14H20N4O3S.CH4O3S/c1-22(20,21)17-14(15)16-13(19)11-5-7-12(8-6-11)18-9-3-2-4-10-18;1-5(2,3)4/h5-8H,2-4,9-10H2,1H3,(H3,15,16,17,19);1H3,(H,2,3,4). The van der Waals surface area contributed by atoms with Crippen LogP contribution in [0.25, 0.3) is 0 Å². The number of nitrogens with zero attached hydrogens (tertiary/aromatic N) is 2. The van der Waals surface area contributed by atoms with Crippen molar-refractivity contribution in [3.8, 4) is 0 Å². The van der Waals surface area contributed by atoms with Crippen molar-refractivity contribution >= 4 is 37.7 Å². The number of carbonyl (C=O) groups is 1. The molecule has 1 fully saturated rings. The summed E-state index contributed by atoms with van der Waals surface area (Å²) in [7, 11) is -7.30. The molecule has 0 unspecified atom stereocenters. The summed E-state index contributed by atoms with van der Waals surface area (Å²) >= 11 is 0. The van der Waals surface area contributed by atoms with Crippen molar-refractivity contribution in [2.45, 2.75) is 19.3 Å². The minimum absolute atomic E-state index is 0.396. The molecular weight excluding hydrogens is 396 g/mol. The summed E-state index contributed by atoms with van der Waals surface area (Å²) in [6, 6.07) is 7.13. The molecule has 4 N–H and O–H groups in total. The Hall–Kier alpha value is -2.18. The van der Waals surface area contributed by atoms with Gasteiger partial charge >= 0.3 is 0 Å². The maximum atomic E-state index is 11.9. The lowest BCUT2D eigenvalue weighted by Crippen LogP contribution is -2.37. The van der Waals surface area contributed by atoms with Gasteiger partial charge in [-0.05, 0) is 43.5 Å². The van der Waals surface area contributed by atoms with Gasteiger partial charge in [0.05, 0.1) is 12.5 Å². The molecule has 0 aliphatic carbocycles. The average molecular weight is 421 g/mol. The molecule has 0 saturated carbocycles. The number of anilines is 1. The first-order valence-corrected chi connectivity index (χ1v) is 11.7. The molecule has 0 spiro atoms. The molecule has 0 aromatic heterocycles. The van der Waals surface area contributed by atoms with Crippen molar-refractivity contribution in [2.75, 3.05) is 30.5 Å². The molecule has 1 aromatic rings. The van der Waals surface area contributed by atoms with Gasteiger partial charge in [0.1, 0.15) is 0 Å². The first-order chi connectivity index (χ1) is 12.3. The van der Waals surface area contributed by atoms with Crippen LogP contribution in [0.3, 0.4) is 0 Å².